The third kappa shape index (κ3) is 6.69. The summed E-state index contributed by atoms with van der Waals surface area (Å²) in [5.74, 6) is 1.87. The molecule has 2 aromatic rings. The van der Waals surface area contributed by atoms with E-state index in [1.165, 1.54) is 0 Å². The SMILES string of the molecule is COc1ccc(O)c(CN=C(N)Nc2ccc(OC(C)C)cc2)c1.I. The molecule has 7 heteroatoms. The summed E-state index contributed by atoms with van der Waals surface area (Å²) in [6, 6.07) is 12.4. The minimum Gasteiger partial charge on any atom is -0.508 e. The second-order valence-electron chi connectivity index (χ2n) is 5.51. The number of benzene rings is 2. The van der Waals surface area contributed by atoms with Crippen molar-refractivity contribution in [3.63, 3.8) is 0 Å². The van der Waals surface area contributed by atoms with E-state index in [9.17, 15) is 5.11 Å². The maximum Gasteiger partial charge on any atom is 0.193 e. The van der Waals surface area contributed by atoms with Crippen molar-refractivity contribution in [1.29, 1.82) is 0 Å². The van der Waals surface area contributed by atoms with E-state index in [-0.39, 0.29) is 48.3 Å². The molecule has 0 aromatic heterocycles. The zero-order chi connectivity index (χ0) is 17.5. The van der Waals surface area contributed by atoms with E-state index >= 15 is 0 Å². The first-order valence-electron chi connectivity index (χ1n) is 7.67. The number of ether oxygens (including phenoxy) is 2. The van der Waals surface area contributed by atoms with Gasteiger partial charge in [0.25, 0.3) is 0 Å². The van der Waals surface area contributed by atoms with Crippen molar-refractivity contribution in [3.05, 3.63) is 48.0 Å². The van der Waals surface area contributed by atoms with Crippen LogP contribution in [0, 0.1) is 0 Å². The molecule has 2 rings (SSSR count). The van der Waals surface area contributed by atoms with E-state index in [0.717, 1.165) is 11.4 Å². The lowest BCUT2D eigenvalue weighted by Crippen LogP contribution is -2.22. The molecule has 0 aliphatic carbocycles. The van der Waals surface area contributed by atoms with Gasteiger partial charge in [-0.2, -0.15) is 0 Å². The molecule has 0 radical (unpaired) electrons. The fraction of sp³-hybridized carbons (Fsp3) is 0.278. The lowest BCUT2D eigenvalue weighted by atomic mass is 10.2. The number of methoxy groups -OCH3 is 1. The Kier molecular flexibility index (Phi) is 8.33. The highest BCUT2D eigenvalue weighted by atomic mass is 127. The van der Waals surface area contributed by atoms with Gasteiger partial charge < -0.3 is 25.6 Å². The molecule has 2 aromatic carbocycles. The van der Waals surface area contributed by atoms with Gasteiger partial charge in [-0.05, 0) is 56.3 Å². The molecular formula is C18H24IN3O3. The van der Waals surface area contributed by atoms with Gasteiger partial charge in [-0.1, -0.05) is 0 Å². The Morgan fingerprint density at radius 2 is 1.80 bits per heavy atom. The molecule has 0 fully saturated rings. The number of phenolic OH excluding ortho intramolecular Hbond substituents is 1. The number of nitrogens with two attached hydrogens (primary N) is 1. The lowest BCUT2D eigenvalue weighted by Gasteiger charge is -2.11. The monoisotopic (exact) mass is 457 g/mol. The number of aromatic hydroxyl groups is 1. The smallest absolute Gasteiger partial charge is 0.193 e. The van der Waals surface area contributed by atoms with Crippen molar-refractivity contribution in [2.45, 2.75) is 26.5 Å². The summed E-state index contributed by atoms with van der Waals surface area (Å²) in [4.78, 5) is 4.23. The fourth-order valence-corrected chi connectivity index (χ4v) is 2.06. The van der Waals surface area contributed by atoms with Crippen LogP contribution < -0.4 is 20.5 Å². The van der Waals surface area contributed by atoms with Gasteiger partial charge in [0.05, 0.1) is 19.8 Å². The number of rotatable bonds is 6. The minimum atomic E-state index is 0. The average molecular weight is 457 g/mol. The summed E-state index contributed by atoms with van der Waals surface area (Å²) in [6.07, 6.45) is 0.131. The van der Waals surface area contributed by atoms with Crippen LogP contribution in [0.4, 0.5) is 5.69 Å². The molecule has 0 heterocycles. The maximum absolute atomic E-state index is 9.84. The van der Waals surface area contributed by atoms with Crippen molar-refractivity contribution in [3.8, 4) is 17.2 Å². The first-order chi connectivity index (χ1) is 11.5. The summed E-state index contributed by atoms with van der Waals surface area (Å²) in [5, 5.41) is 12.8. The molecule has 0 saturated carbocycles. The predicted octanol–water partition coefficient (Wildman–Crippen LogP) is 3.73. The topological polar surface area (TPSA) is 89.1 Å². The van der Waals surface area contributed by atoms with Crippen LogP contribution in [-0.4, -0.2) is 24.3 Å². The highest BCUT2D eigenvalue weighted by molar-refractivity contribution is 14.0. The van der Waals surface area contributed by atoms with Crippen molar-refractivity contribution < 1.29 is 14.6 Å². The van der Waals surface area contributed by atoms with Crippen LogP contribution in [0.15, 0.2) is 47.5 Å². The van der Waals surface area contributed by atoms with Crippen molar-refractivity contribution in [2.24, 2.45) is 10.7 Å². The molecule has 0 unspecified atom stereocenters. The van der Waals surface area contributed by atoms with Gasteiger partial charge in [-0.25, -0.2) is 4.99 Å². The molecular weight excluding hydrogens is 433 g/mol. The summed E-state index contributed by atoms with van der Waals surface area (Å²) in [6.45, 7) is 4.20. The number of anilines is 1. The van der Waals surface area contributed by atoms with Gasteiger partial charge in [0, 0.05) is 11.3 Å². The summed E-state index contributed by atoms with van der Waals surface area (Å²) >= 11 is 0. The second-order valence-corrected chi connectivity index (χ2v) is 5.51. The number of halogens is 1. The molecule has 6 nitrogen and oxygen atoms in total. The van der Waals surface area contributed by atoms with E-state index in [2.05, 4.69) is 10.3 Å². The molecule has 0 aliphatic heterocycles. The van der Waals surface area contributed by atoms with Crippen LogP contribution in [-0.2, 0) is 6.54 Å². The van der Waals surface area contributed by atoms with Gasteiger partial charge >= 0.3 is 0 Å². The maximum atomic E-state index is 9.84. The molecule has 25 heavy (non-hydrogen) atoms. The number of aliphatic imine (C=N–C) groups is 1. The molecule has 0 bridgehead atoms. The van der Waals surface area contributed by atoms with Crippen LogP contribution in [0.2, 0.25) is 0 Å². The number of guanidine groups is 1. The molecule has 0 atom stereocenters. The van der Waals surface area contributed by atoms with Crippen molar-refractivity contribution in [2.75, 3.05) is 12.4 Å². The normalized spacial score (nSPS) is 11.0. The third-order valence-electron chi connectivity index (χ3n) is 3.20. The van der Waals surface area contributed by atoms with Crippen LogP contribution in [0.5, 0.6) is 17.2 Å². The Bertz CT molecular complexity index is 703. The lowest BCUT2D eigenvalue weighted by molar-refractivity contribution is 0.242. The summed E-state index contributed by atoms with van der Waals surface area (Å²) in [7, 11) is 1.57. The number of hydrogen-bond acceptors (Lipinski definition) is 4. The highest BCUT2D eigenvalue weighted by Gasteiger charge is 2.04. The van der Waals surface area contributed by atoms with Crippen molar-refractivity contribution >= 4 is 35.6 Å². The first kappa shape index (κ1) is 20.9. The highest BCUT2D eigenvalue weighted by Crippen LogP contribution is 2.23. The second kappa shape index (κ2) is 9.97. The fourth-order valence-electron chi connectivity index (χ4n) is 2.06. The number of hydrogen-bond donors (Lipinski definition) is 3. The van der Waals surface area contributed by atoms with Gasteiger partial charge in [0.1, 0.15) is 17.2 Å². The van der Waals surface area contributed by atoms with Crippen LogP contribution in [0.25, 0.3) is 0 Å². The third-order valence-corrected chi connectivity index (χ3v) is 3.20. The Morgan fingerprint density at radius 3 is 2.40 bits per heavy atom. The van der Waals surface area contributed by atoms with Crippen LogP contribution in [0.3, 0.4) is 0 Å². The average Bonchev–Trinajstić information content (AvgIpc) is 2.55. The quantitative estimate of drug-likeness (QED) is 0.350. The number of phenols is 1. The van der Waals surface area contributed by atoms with E-state index in [0.29, 0.717) is 11.3 Å². The van der Waals surface area contributed by atoms with Crippen molar-refractivity contribution in [1.82, 2.24) is 0 Å². The summed E-state index contributed by atoms with van der Waals surface area (Å²) < 4.78 is 10.7. The van der Waals surface area contributed by atoms with Crippen LogP contribution >= 0.6 is 24.0 Å². The molecule has 0 aliphatic rings. The first-order valence-corrected chi connectivity index (χ1v) is 7.67. The Hall–Kier alpha value is -2.16. The molecule has 0 saturated heterocycles. The van der Waals surface area contributed by atoms with Gasteiger partial charge in [-0.15, -0.1) is 24.0 Å². The van der Waals surface area contributed by atoms with E-state index < -0.39 is 0 Å². The van der Waals surface area contributed by atoms with E-state index in [1.54, 1.807) is 25.3 Å². The Labute approximate surface area is 165 Å². The Morgan fingerprint density at radius 1 is 1.16 bits per heavy atom. The Balaban J connectivity index is 0.00000312. The minimum absolute atomic E-state index is 0. The molecule has 4 N–H and O–H groups in total. The van der Waals surface area contributed by atoms with E-state index in [4.69, 9.17) is 15.2 Å². The molecule has 0 amide bonds. The number of nitrogens with zero attached hydrogens (tertiary/aromatic N) is 1. The molecule has 0 spiro atoms. The number of nitrogens with one attached hydrogen (secondary N) is 1. The zero-order valence-electron chi connectivity index (χ0n) is 14.5. The van der Waals surface area contributed by atoms with Gasteiger partial charge in [0.15, 0.2) is 5.96 Å². The zero-order valence-corrected chi connectivity index (χ0v) is 16.9. The summed E-state index contributed by atoms with van der Waals surface area (Å²) in [5.41, 5.74) is 7.33. The molecule has 136 valence electrons. The van der Waals surface area contributed by atoms with Crippen LogP contribution in [0.1, 0.15) is 19.4 Å². The standard InChI is InChI=1S/C18H23N3O3.HI/c1-12(2)24-15-6-4-14(5-7-15)21-18(19)20-11-13-10-16(23-3)8-9-17(13)22;/h4-10,12,22H,11H2,1-3H3,(H3,19,20,21);1H. The largest absolute Gasteiger partial charge is 0.508 e. The van der Waals surface area contributed by atoms with Gasteiger partial charge in [-0.3, -0.25) is 0 Å². The van der Waals surface area contributed by atoms with E-state index in [1.807, 2.05) is 38.1 Å². The van der Waals surface area contributed by atoms with Gasteiger partial charge in [0.2, 0.25) is 0 Å². The predicted molar refractivity (Wildman–Crippen MR) is 111 cm³/mol.